The molecule has 0 aliphatic rings. The van der Waals surface area contributed by atoms with Gasteiger partial charge in [0.05, 0.1) is 0 Å². The zero-order valence-electron chi connectivity index (χ0n) is 7.39. The number of hydrogen-bond donors (Lipinski definition) is 0. The average Bonchev–Trinajstić information content (AvgIpc) is 1.82. The van der Waals surface area contributed by atoms with Gasteiger partial charge in [0.15, 0.2) is 0 Å². The van der Waals surface area contributed by atoms with Crippen molar-refractivity contribution in [1.29, 1.82) is 0 Å². The fourth-order valence-electron chi connectivity index (χ4n) is 0.816. The third-order valence-electron chi connectivity index (χ3n) is 1.23. The molecule has 0 aromatic heterocycles. The Labute approximate surface area is 68.5 Å². The molecule has 2 heteroatoms. The second-order valence-electron chi connectivity index (χ2n) is 2.78. The topological polar surface area (TPSA) is 9.23 Å². The molecule has 0 fully saturated rings. The molecule has 10 heavy (non-hydrogen) atoms. The molecule has 62 valence electrons. The first-order valence-electron chi connectivity index (χ1n) is 3.81. The predicted molar refractivity (Wildman–Crippen MR) is 48.7 cm³/mol. The molecule has 0 heterocycles. The maximum Gasteiger partial charge on any atom is 0.0472 e. The second kappa shape index (κ2) is 6.05. The number of ether oxygens (including phenoxy) is 1. The molecule has 0 aromatic rings. The highest BCUT2D eigenvalue weighted by atomic mass is 32.2. The van der Waals surface area contributed by atoms with Crippen molar-refractivity contribution in [3.05, 3.63) is 0 Å². The zero-order valence-corrected chi connectivity index (χ0v) is 8.20. The summed E-state index contributed by atoms with van der Waals surface area (Å²) >= 11 is 2.01. The van der Waals surface area contributed by atoms with E-state index < -0.39 is 0 Å². The minimum atomic E-state index is 0.736. The van der Waals surface area contributed by atoms with Gasteiger partial charge >= 0.3 is 0 Å². The molecule has 0 bridgehead atoms. The fourth-order valence-corrected chi connectivity index (χ4v) is 1.98. The van der Waals surface area contributed by atoms with E-state index in [0.717, 1.165) is 17.1 Å². The van der Waals surface area contributed by atoms with Crippen LogP contribution in [0.4, 0.5) is 0 Å². The summed E-state index contributed by atoms with van der Waals surface area (Å²) in [5.74, 6) is 0. The van der Waals surface area contributed by atoms with E-state index in [2.05, 4.69) is 20.8 Å². The molecule has 0 N–H and O–H groups in total. The minimum absolute atomic E-state index is 0.736. The summed E-state index contributed by atoms with van der Waals surface area (Å²) in [6.07, 6.45) is 1.17. The number of rotatable bonds is 5. The smallest absolute Gasteiger partial charge is 0.0472 e. The van der Waals surface area contributed by atoms with Gasteiger partial charge in [0.1, 0.15) is 0 Å². The van der Waals surface area contributed by atoms with Gasteiger partial charge in [-0.05, 0) is 11.7 Å². The van der Waals surface area contributed by atoms with Crippen LogP contribution >= 0.6 is 11.8 Å². The summed E-state index contributed by atoms with van der Waals surface area (Å²) in [6, 6.07) is 0. The van der Waals surface area contributed by atoms with Crippen LogP contribution in [0.3, 0.4) is 0 Å². The molecule has 0 saturated carbocycles. The third kappa shape index (κ3) is 6.43. The van der Waals surface area contributed by atoms with Gasteiger partial charge in [-0.1, -0.05) is 20.8 Å². The monoisotopic (exact) mass is 162 g/mol. The SMILES string of the molecule is COCCC(C)SC(C)C. The van der Waals surface area contributed by atoms with E-state index in [1.807, 2.05) is 11.8 Å². The predicted octanol–water partition coefficient (Wildman–Crippen LogP) is 2.55. The summed E-state index contributed by atoms with van der Waals surface area (Å²) in [5, 5.41) is 1.48. The third-order valence-corrected chi connectivity index (χ3v) is 2.48. The highest BCUT2D eigenvalue weighted by Crippen LogP contribution is 2.18. The highest BCUT2D eigenvalue weighted by Gasteiger charge is 2.03. The van der Waals surface area contributed by atoms with Crippen molar-refractivity contribution in [3.8, 4) is 0 Å². The summed E-state index contributed by atoms with van der Waals surface area (Å²) in [6.45, 7) is 7.60. The van der Waals surface area contributed by atoms with Crippen LogP contribution in [0.25, 0.3) is 0 Å². The van der Waals surface area contributed by atoms with Crippen LogP contribution in [-0.2, 0) is 4.74 Å². The molecule has 1 atom stereocenters. The van der Waals surface area contributed by atoms with Crippen molar-refractivity contribution in [2.24, 2.45) is 0 Å². The Kier molecular flexibility index (Phi) is 6.24. The molecule has 0 spiro atoms. The largest absolute Gasteiger partial charge is 0.385 e. The quantitative estimate of drug-likeness (QED) is 0.614. The van der Waals surface area contributed by atoms with Crippen LogP contribution in [0.5, 0.6) is 0 Å². The fraction of sp³-hybridized carbons (Fsp3) is 1.00. The van der Waals surface area contributed by atoms with Crippen LogP contribution in [0, 0.1) is 0 Å². The zero-order chi connectivity index (χ0) is 7.98. The Hall–Kier alpha value is 0.310. The van der Waals surface area contributed by atoms with Crippen LogP contribution in [0.15, 0.2) is 0 Å². The van der Waals surface area contributed by atoms with Crippen molar-refractivity contribution < 1.29 is 4.74 Å². The van der Waals surface area contributed by atoms with Gasteiger partial charge in [0, 0.05) is 19.0 Å². The van der Waals surface area contributed by atoms with Crippen molar-refractivity contribution in [2.45, 2.75) is 37.7 Å². The van der Waals surface area contributed by atoms with E-state index in [1.54, 1.807) is 7.11 Å². The Balaban J connectivity index is 3.16. The van der Waals surface area contributed by atoms with Gasteiger partial charge in [-0.25, -0.2) is 0 Å². The first kappa shape index (κ1) is 10.3. The maximum atomic E-state index is 4.98. The van der Waals surface area contributed by atoms with E-state index in [4.69, 9.17) is 4.74 Å². The lowest BCUT2D eigenvalue weighted by Crippen LogP contribution is -2.04. The number of methoxy groups -OCH3 is 1. The van der Waals surface area contributed by atoms with Crippen molar-refractivity contribution in [2.75, 3.05) is 13.7 Å². The molecule has 0 aliphatic carbocycles. The van der Waals surface area contributed by atoms with Gasteiger partial charge in [-0.15, -0.1) is 0 Å². The van der Waals surface area contributed by atoms with Crippen LogP contribution in [0.2, 0.25) is 0 Å². The molecule has 0 amide bonds. The molecule has 1 nitrogen and oxygen atoms in total. The van der Waals surface area contributed by atoms with Gasteiger partial charge in [0.2, 0.25) is 0 Å². The molecule has 0 aliphatic heterocycles. The highest BCUT2D eigenvalue weighted by molar-refractivity contribution is 8.00. The first-order chi connectivity index (χ1) is 4.66. The molecule has 0 radical (unpaired) electrons. The average molecular weight is 162 g/mol. The minimum Gasteiger partial charge on any atom is -0.385 e. The number of thioether (sulfide) groups is 1. The van der Waals surface area contributed by atoms with E-state index in [9.17, 15) is 0 Å². The van der Waals surface area contributed by atoms with E-state index in [-0.39, 0.29) is 0 Å². The summed E-state index contributed by atoms with van der Waals surface area (Å²) < 4.78 is 4.98. The van der Waals surface area contributed by atoms with E-state index >= 15 is 0 Å². The standard InChI is InChI=1S/C8H18OS/c1-7(2)10-8(3)5-6-9-4/h7-8H,5-6H2,1-4H3. The summed E-state index contributed by atoms with van der Waals surface area (Å²) in [7, 11) is 1.76. The van der Waals surface area contributed by atoms with Crippen molar-refractivity contribution in [3.63, 3.8) is 0 Å². The maximum absolute atomic E-state index is 4.98. The van der Waals surface area contributed by atoms with Crippen LogP contribution < -0.4 is 0 Å². The molecular weight excluding hydrogens is 144 g/mol. The second-order valence-corrected chi connectivity index (χ2v) is 4.80. The molecule has 1 unspecified atom stereocenters. The first-order valence-corrected chi connectivity index (χ1v) is 4.75. The van der Waals surface area contributed by atoms with Crippen LogP contribution in [-0.4, -0.2) is 24.2 Å². The Morgan fingerprint density at radius 3 is 2.30 bits per heavy atom. The van der Waals surface area contributed by atoms with Gasteiger partial charge < -0.3 is 4.74 Å². The molecule has 0 rings (SSSR count). The molecule has 0 saturated heterocycles. The van der Waals surface area contributed by atoms with E-state index in [1.165, 1.54) is 6.42 Å². The van der Waals surface area contributed by atoms with Gasteiger partial charge in [0.25, 0.3) is 0 Å². The van der Waals surface area contributed by atoms with Gasteiger partial charge in [-0.2, -0.15) is 11.8 Å². The number of hydrogen-bond acceptors (Lipinski definition) is 2. The van der Waals surface area contributed by atoms with Crippen molar-refractivity contribution >= 4 is 11.8 Å². The molecule has 0 aromatic carbocycles. The Morgan fingerprint density at radius 1 is 1.30 bits per heavy atom. The lowest BCUT2D eigenvalue weighted by molar-refractivity contribution is 0.195. The van der Waals surface area contributed by atoms with Gasteiger partial charge in [-0.3, -0.25) is 0 Å². The summed E-state index contributed by atoms with van der Waals surface area (Å²) in [5.41, 5.74) is 0. The Morgan fingerprint density at radius 2 is 1.90 bits per heavy atom. The lowest BCUT2D eigenvalue weighted by Gasteiger charge is -2.12. The van der Waals surface area contributed by atoms with Crippen molar-refractivity contribution in [1.82, 2.24) is 0 Å². The van der Waals surface area contributed by atoms with E-state index in [0.29, 0.717) is 0 Å². The lowest BCUT2D eigenvalue weighted by atomic mass is 10.3. The normalized spacial score (nSPS) is 14.1. The summed E-state index contributed by atoms with van der Waals surface area (Å²) in [4.78, 5) is 0. The Bertz CT molecular complexity index is 73.7. The molecular formula is C8H18OS. The van der Waals surface area contributed by atoms with Crippen LogP contribution in [0.1, 0.15) is 27.2 Å².